The van der Waals surface area contributed by atoms with Crippen molar-refractivity contribution >= 4 is 11.6 Å². The van der Waals surface area contributed by atoms with Crippen molar-refractivity contribution in [1.29, 1.82) is 0 Å². The molecule has 3 nitrogen and oxygen atoms in total. The highest BCUT2D eigenvalue weighted by Gasteiger charge is 2.03. The van der Waals surface area contributed by atoms with Gasteiger partial charge in [-0.15, -0.1) is 0 Å². The van der Waals surface area contributed by atoms with E-state index in [1.165, 1.54) is 0 Å². The molecule has 0 amide bonds. The third-order valence-corrected chi connectivity index (χ3v) is 2.35. The van der Waals surface area contributed by atoms with Crippen LogP contribution in [-0.4, -0.2) is 16.0 Å². The van der Waals surface area contributed by atoms with E-state index in [0.717, 1.165) is 11.2 Å². The van der Waals surface area contributed by atoms with E-state index in [0.29, 0.717) is 11.4 Å². The first-order valence-electron chi connectivity index (χ1n) is 5.11. The molecule has 1 N–H and O–H groups in total. The van der Waals surface area contributed by atoms with E-state index in [9.17, 15) is 5.21 Å². The molecule has 0 aliphatic heterocycles. The highest BCUT2D eigenvalue weighted by molar-refractivity contribution is 6.29. The summed E-state index contributed by atoms with van der Waals surface area (Å²) in [4.78, 5) is 4.39. The fraction of sp³-hybridized carbons (Fsp3) is 0.545. The fourth-order valence-corrected chi connectivity index (χ4v) is 1.68. The lowest BCUT2D eigenvalue weighted by molar-refractivity contribution is 0.171. The zero-order valence-corrected chi connectivity index (χ0v) is 10.1. The lowest BCUT2D eigenvalue weighted by atomic mass is 10.1. The number of halogens is 1. The molecule has 0 saturated carbocycles. The monoisotopic (exact) mass is 228 g/mol. The van der Waals surface area contributed by atoms with Crippen LogP contribution in [0.2, 0.25) is 5.15 Å². The van der Waals surface area contributed by atoms with Crippen LogP contribution >= 0.6 is 11.6 Å². The maximum atomic E-state index is 9.57. The molecule has 0 spiro atoms. The van der Waals surface area contributed by atoms with Gasteiger partial charge in [0.1, 0.15) is 5.15 Å². The molecular weight excluding hydrogens is 212 g/mol. The largest absolute Gasteiger partial charge is 0.426 e. The van der Waals surface area contributed by atoms with Crippen molar-refractivity contribution in [2.75, 3.05) is 0 Å². The Morgan fingerprint density at radius 3 is 2.67 bits per heavy atom. The quantitative estimate of drug-likeness (QED) is 0.627. The van der Waals surface area contributed by atoms with Crippen molar-refractivity contribution in [1.82, 2.24) is 4.73 Å². The van der Waals surface area contributed by atoms with E-state index >= 15 is 0 Å². The minimum absolute atomic E-state index is 0.182. The Balaban J connectivity index is 2.95. The van der Waals surface area contributed by atoms with Gasteiger partial charge in [0.25, 0.3) is 0 Å². The normalized spacial score (nSPS) is 14.6. The predicted molar refractivity (Wildman–Crippen MR) is 61.1 cm³/mol. The molecule has 0 fully saturated rings. The van der Waals surface area contributed by atoms with Crippen molar-refractivity contribution in [3.8, 4) is 0 Å². The van der Waals surface area contributed by atoms with Gasteiger partial charge in [-0.05, 0) is 31.4 Å². The minimum atomic E-state index is 0.182. The van der Waals surface area contributed by atoms with Gasteiger partial charge in [0.2, 0.25) is 0 Å². The second-order valence-electron chi connectivity index (χ2n) is 4.13. The topological polar surface area (TPSA) is 37.5 Å². The van der Waals surface area contributed by atoms with Gasteiger partial charge >= 0.3 is 0 Å². The Bertz CT molecular complexity index is 384. The van der Waals surface area contributed by atoms with Crippen LogP contribution in [0.1, 0.15) is 27.2 Å². The molecule has 0 radical (unpaired) electrons. The maximum Gasteiger partial charge on any atom is 0.165 e. The zero-order valence-electron chi connectivity index (χ0n) is 9.31. The first-order chi connectivity index (χ1) is 7.00. The van der Waals surface area contributed by atoms with Crippen LogP contribution in [0.15, 0.2) is 23.2 Å². The highest BCUT2D eigenvalue weighted by Crippen LogP contribution is 2.07. The van der Waals surface area contributed by atoms with Crippen molar-refractivity contribution in [2.45, 2.75) is 33.2 Å². The molecule has 1 aromatic heterocycles. The Kier molecular flexibility index (Phi) is 4.21. The summed E-state index contributed by atoms with van der Waals surface area (Å²) >= 11 is 5.76. The summed E-state index contributed by atoms with van der Waals surface area (Å²) in [6.07, 6.45) is 0.993. The third-order valence-electron chi connectivity index (χ3n) is 2.06. The molecule has 0 aliphatic rings. The second kappa shape index (κ2) is 5.21. The van der Waals surface area contributed by atoms with Crippen molar-refractivity contribution < 1.29 is 5.21 Å². The maximum absolute atomic E-state index is 9.57. The van der Waals surface area contributed by atoms with E-state index in [1.54, 1.807) is 18.2 Å². The SMILES string of the molecule is CC(C)CC(C)N=c1cccc(Cl)n1O. The predicted octanol–water partition coefficient (Wildman–Crippen LogP) is 2.71. The van der Waals surface area contributed by atoms with E-state index in [2.05, 4.69) is 18.8 Å². The number of nitrogens with zero attached hydrogens (tertiary/aromatic N) is 2. The van der Waals surface area contributed by atoms with Crippen LogP contribution < -0.4 is 5.49 Å². The molecule has 0 aromatic carbocycles. The molecule has 1 aromatic rings. The molecule has 84 valence electrons. The summed E-state index contributed by atoms with van der Waals surface area (Å²) in [6, 6.07) is 5.31. The molecule has 0 bridgehead atoms. The lowest BCUT2D eigenvalue weighted by Gasteiger charge is -2.09. The van der Waals surface area contributed by atoms with Crippen LogP contribution in [0.5, 0.6) is 0 Å². The summed E-state index contributed by atoms with van der Waals surface area (Å²) in [6.45, 7) is 6.33. The molecule has 1 rings (SSSR count). The summed E-state index contributed by atoms with van der Waals surface area (Å²) in [7, 11) is 0. The number of rotatable bonds is 3. The smallest absolute Gasteiger partial charge is 0.165 e. The molecular formula is C11H17ClN2O. The van der Waals surface area contributed by atoms with E-state index in [-0.39, 0.29) is 11.2 Å². The van der Waals surface area contributed by atoms with Gasteiger partial charge in [-0.1, -0.05) is 31.5 Å². The average Bonchev–Trinajstić information content (AvgIpc) is 2.11. The number of aromatic nitrogens is 1. The van der Waals surface area contributed by atoms with Crippen molar-refractivity contribution in [3.63, 3.8) is 0 Å². The molecule has 4 heteroatoms. The number of hydrogen-bond donors (Lipinski definition) is 1. The molecule has 1 atom stereocenters. The number of pyridine rings is 1. The van der Waals surface area contributed by atoms with Gasteiger partial charge in [-0.3, -0.25) is 4.99 Å². The van der Waals surface area contributed by atoms with Crippen LogP contribution in [0.25, 0.3) is 0 Å². The van der Waals surface area contributed by atoms with Gasteiger partial charge in [0, 0.05) is 6.04 Å². The number of hydrogen-bond acceptors (Lipinski definition) is 2. The Hall–Kier alpha value is -0.960. The van der Waals surface area contributed by atoms with Gasteiger partial charge in [-0.2, -0.15) is 4.73 Å². The van der Waals surface area contributed by atoms with Gasteiger partial charge < -0.3 is 5.21 Å². The minimum Gasteiger partial charge on any atom is -0.426 e. The first kappa shape index (κ1) is 12.1. The Morgan fingerprint density at radius 1 is 1.40 bits per heavy atom. The van der Waals surface area contributed by atoms with E-state index < -0.39 is 0 Å². The third kappa shape index (κ3) is 3.59. The van der Waals surface area contributed by atoms with Crippen LogP contribution in [0, 0.1) is 5.92 Å². The highest BCUT2D eigenvalue weighted by atomic mass is 35.5. The summed E-state index contributed by atoms with van der Waals surface area (Å²) in [5.41, 5.74) is 0.496. The Morgan fingerprint density at radius 2 is 2.07 bits per heavy atom. The summed E-state index contributed by atoms with van der Waals surface area (Å²) in [5, 5.41) is 9.84. The Labute approximate surface area is 95.0 Å². The van der Waals surface area contributed by atoms with E-state index in [4.69, 9.17) is 11.6 Å². The van der Waals surface area contributed by atoms with Gasteiger partial charge in [0.15, 0.2) is 5.49 Å². The van der Waals surface area contributed by atoms with Crippen molar-refractivity contribution in [2.24, 2.45) is 10.9 Å². The molecule has 15 heavy (non-hydrogen) atoms. The summed E-state index contributed by atoms with van der Waals surface area (Å²) in [5.74, 6) is 0.593. The van der Waals surface area contributed by atoms with Crippen molar-refractivity contribution in [3.05, 3.63) is 28.8 Å². The van der Waals surface area contributed by atoms with Crippen LogP contribution in [0.3, 0.4) is 0 Å². The van der Waals surface area contributed by atoms with Crippen LogP contribution in [-0.2, 0) is 0 Å². The van der Waals surface area contributed by atoms with E-state index in [1.807, 2.05) is 6.92 Å². The molecule has 0 saturated heterocycles. The standard InChI is InChI=1S/C11H17ClN2O/c1-8(2)7-9(3)13-11-6-4-5-10(12)14(11)15/h4-6,8-9,15H,7H2,1-3H3. The second-order valence-corrected chi connectivity index (χ2v) is 4.51. The fourth-order valence-electron chi connectivity index (χ4n) is 1.52. The van der Waals surface area contributed by atoms with Crippen LogP contribution in [0.4, 0.5) is 0 Å². The molecule has 1 unspecified atom stereocenters. The molecule has 0 aliphatic carbocycles. The van der Waals surface area contributed by atoms with Gasteiger partial charge in [-0.25, -0.2) is 0 Å². The molecule has 1 heterocycles. The zero-order chi connectivity index (χ0) is 11.4. The summed E-state index contributed by atoms with van der Waals surface area (Å²) < 4.78 is 0.901. The average molecular weight is 229 g/mol. The lowest BCUT2D eigenvalue weighted by Crippen LogP contribution is -2.21. The first-order valence-corrected chi connectivity index (χ1v) is 5.49. The van der Waals surface area contributed by atoms with Gasteiger partial charge in [0.05, 0.1) is 0 Å².